The van der Waals surface area contributed by atoms with E-state index in [1.165, 1.54) is 32.1 Å². The Balaban J connectivity index is 1.78. The van der Waals surface area contributed by atoms with Gasteiger partial charge in [-0.1, -0.05) is 46.0 Å². The van der Waals surface area contributed by atoms with Gasteiger partial charge in [0.15, 0.2) is 0 Å². The molecule has 0 unspecified atom stereocenters. The second-order valence-electron chi connectivity index (χ2n) is 6.75. The van der Waals surface area contributed by atoms with Crippen molar-refractivity contribution in [3.05, 3.63) is 0 Å². The number of carbonyl (C=O) groups excluding carboxylic acids is 3. The molecule has 1 saturated heterocycles. The maximum Gasteiger partial charge on any atom is 0.325 e. The lowest BCUT2D eigenvalue weighted by Gasteiger charge is -2.23. The normalized spacial score (nSPS) is 21.4. The maximum absolute atomic E-state index is 12.4. The molecule has 23 heavy (non-hydrogen) atoms. The highest BCUT2D eigenvalue weighted by Gasteiger charge is 2.49. The average molecular weight is 323 g/mol. The minimum Gasteiger partial charge on any atom is -0.355 e. The fourth-order valence-electron chi connectivity index (χ4n) is 3.64. The van der Waals surface area contributed by atoms with Crippen LogP contribution in [0, 0.1) is 5.92 Å². The molecule has 0 spiro atoms. The van der Waals surface area contributed by atoms with Gasteiger partial charge < -0.3 is 10.6 Å². The first kappa shape index (κ1) is 17.8. The zero-order chi connectivity index (χ0) is 16.9. The summed E-state index contributed by atoms with van der Waals surface area (Å²) in [6.07, 6.45) is 8.46. The molecule has 0 atom stereocenters. The summed E-state index contributed by atoms with van der Waals surface area (Å²) in [4.78, 5) is 37.5. The predicted molar refractivity (Wildman–Crippen MR) is 87.8 cm³/mol. The van der Waals surface area contributed by atoms with Crippen LogP contribution in [0.4, 0.5) is 4.79 Å². The predicted octanol–water partition coefficient (Wildman–Crippen LogP) is 2.18. The van der Waals surface area contributed by atoms with E-state index in [2.05, 4.69) is 10.6 Å². The van der Waals surface area contributed by atoms with Gasteiger partial charge in [-0.3, -0.25) is 14.5 Å². The zero-order valence-electron chi connectivity index (χ0n) is 14.3. The Labute approximate surface area is 138 Å². The van der Waals surface area contributed by atoms with Crippen molar-refractivity contribution in [1.29, 1.82) is 0 Å². The number of imide groups is 1. The lowest BCUT2D eigenvalue weighted by atomic mass is 9.87. The van der Waals surface area contributed by atoms with Crippen LogP contribution in [0.5, 0.6) is 0 Å². The molecule has 0 bridgehead atoms. The molecule has 6 nitrogen and oxygen atoms in total. The number of nitrogens with one attached hydrogen (secondary N) is 2. The summed E-state index contributed by atoms with van der Waals surface area (Å²) in [6.45, 7) is 4.18. The van der Waals surface area contributed by atoms with Gasteiger partial charge in [-0.15, -0.1) is 0 Å². The first-order valence-corrected chi connectivity index (χ1v) is 8.93. The summed E-state index contributed by atoms with van der Waals surface area (Å²) in [7, 11) is 0. The Morgan fingerprint density at radius 1 is 1.22 bits per heavy atom. The highest BCUT2D eigenvalue weighted by atomic mass is 16.2. The van der Waals surface area contributed by atoms with Gasteiger partial charge in [0.1, 0.15) is 12.1 Å². The van der Waals surface area contributed by atoms with Crippen molar-refractivity contribution in [3.8, 4) is 0 Å². The number of carbonyl (C=O) groups is 3. The van der Waals surface area contributed by atoms with Crippen molar-refractivity contribution in [2.75, 3.05) is 13.1 Å². The van der Waals surface area contributed by atoms with E-state index in [1.54, 1.807) is 0 Å². The number of hydrogen-bond donors (Lipinski definition) is 2. The van der Waals surface area contributed by atoms with Gasteiger partial charge in [0.25, 0.3) is 5.91 Å². The molecule has 2 fully saturated rings. The summed E-state index contributed by atoms with van der Waals surface area (Å²) >= 11 is 0. The summed E-state index contributed by atoms with van der Waals surface area (Å²) in [5, 5.41) is 5.59. The minimum absolute atomic E-state index is 0.183. The molecule has 2 N–H and O–H groups in total. The van der Waals surface area contributed by atoms with E-state index in [1.807, 2.05) is 13.8 Å². The van der Waals surface area contributed by atoms with E-state index in [-0.39, 0.29) is 18.4 Å². The van der Waals surface area contributed by atoms with Crippen LogP contribution in [0.1, 0.15) is 65.2 Å². The molecule has 1 aliphatic heterocycles. The van der Waals surface area contributed by atoms with Crippen molar-refractivity contribution in [3.63, 3.8) is 0 Å². The Morgan fingerprint density at radius 2 is 1.87 bits per heavy atom. The first-order valence-electron chi connectivity index (χ1n) is 8.93. The summed E-state index contributed by atoms with van der Waals surface area (Å²) in [6, 6.07) is -0.457. The van der Waals surface area contributed by atoms with Gasteiger partial charge >= 0.3 is 6.03 Å². The third-order valence-corrected chi connectivity index (χ3v) is 5.35. The number of hydrogen-bond acceptors (Lipinski definition) is 3. The Hall–Kier alpha value is -1.59. The maximum atomic E-state index is 12.4. The molecule has 0 aromatic carbocycles. The van der Waals surface area contributed by atoms with E-state index < -0.39 is 11.6 Å². The fraction of sp³-hybridized carbons (Fsp3) is 0.824. The van der Waals surface area contributed by atoms with Crippen LogP contribution in [-0.4, -0.2) is 41.4 Å². The van der Waals surface area contributed by atoms with Crippen LogP contribution in [0.25, 0.3) is 0 Å². The van der Waals surface area contributed by atoms with Crippen LogP contribution < -0.4 is 10.6 Å². The molecule has 0 aromatic heterocycles. The van der Waals surface area contributed by atoms with Gasteiger partial charge in [0.05, 0.1) is 0 Å². The number of nitrogens with zero attached hydrogens (tertiary/aromatic N) is 1. The SMILES string of the molecule is CCC1(CC)NC(=O)N(CC(=O)NCCC2CCCCC2)C1=O. The van der Waals surface area contributed by atoms with Gasteiger partial charge in [-0.25, -0.2) is 4.79 Å². The molecule has 1 saturated carbocycles. The quantitative estimate of drug-likeness (QED) is 0.705. The van der Waals surface area contributed by atoms with Gasteiger partial charge in [-0.05, 0) is 25.2 Å². The number of rotatable bonds is 7. The van der Waals surface area contributed by atoms with Crippen LogP contribution in [-0.2, 0) is 9.59 Å². The molecule has 0 aromatic rings. The molecular weight excluding hydrogens is 294 g/mol. The highest BCUT2D eigenvalue weighted by molar-refractivity contribution is 6.08. The van der Waals surface area contributed by atoms with Gasteiger partial charge in [0.2, 0.25) is 5.91 Å². The average Bonchev–Trinajstić information content (AvgIpc) is 2.80. The smallest absolute Gasteiger partial charge is 0.325 e. The molecule has 0 radical (unpaired) electrons. The van der Waals surface area contributed by atoms with Crippen molar-refractivity contribution in [2.45, 2.75) is 70.8 Å². The minimum atomic E-state index is -0.834. The fourth-order valence-corrected chi connectivity index (χ4v) is 3.64. The highest BCUT2D eigenvalue weighted by Crippen LogP contribution is 2.26. The lowest BCUT2D eigenvalue weighted by Crippen LogP contribution is -2.46. The van der Waals surface area contributed by atoms with Crippen LogP contribution in [0.15, 0.2) is 0 Å². The standard InChI is InChI=1S/C17H29N3O3/c1-3-17(4-2)15(22)20(16(23)19-17)12-14(21)18-11-10-13-8-6-5-7-9-13/h13H,3-12H2,1-2H3,(H,18,21)(H,19,23). The molecule has 4 amide bonds. The molecule has 6 heteroatoms. The van der Waals surface area contributed by atoms with E-state index in [9.17, 15) is 14.4 Å². The van der Waals surface area contributed by atoms with Crippen molar-refractivity contribution >= 4 is 17.8 Å². The molecule has 1 aliphatic carbocycles. The number of amides is 4. The summed E-state index contributed by atoms with van der Waals surface area (Å²) < 4.78 is 0. The number of urea groups is 1. The molecular formula is C17H29N3O3. The third-order valence-electron chi connectivity index (χ3n) is 5.35. The monoisotopic (exact) mass is 323 g/mol. The van der Waals surface area contributed by atoms with Crippen molar-refractivity contribution in [1.82, 2.24) is 15.5 Å². The third kappa shape index (κ3) is 4.03. The van der Waals surface area contributed by atoms with Crippen molar-refractivity contribution in [2.24, 2.45) is 5.92 Å². The summed E-state index contributed by atoms with van der Waals surface area (Å²) in [5.74, 6) is 0.163. The zero-order valence-corrected chi connectivity index (χ0v) is 14.3. The van der Waals surface area contributed by atoms with Crippen LogP contribution in [0.2, 0.25) is 0 Å². The van der Waals surface area contributed by atoms with Crippen LogP contribution in [0.3, 0.4) is 0 Å². The van der Waals surface area contributed by atoms with E-state index in [0.717, 1.165) is 11.3 Å². The first-order chi connectivity index (χ1) is 11.0. The van der Waals surface area contributed by atoms with E-state index in [0.29, 0.717) is 25.3 Å². The topological polar surface area (TPSA) is 78.5 Å². The van der Waals surface area contributed by atoms with Crippen LogP contribution >= 0.6 is 0 Å². The van der Waals surface area contributed by atoms with Gasteiger partial charge in [-0.2, -0.15) is 0 Å². The molecule has 2 rings (SSSR count). The molecule has 2 aliphatic rings. The van der Waals surface area contributed by atoms with E-state index in [4.69, 9.17) is 0 Å². The molecule has 1 heterocycles. The second kappa shape index (κ2) is 7.79. The molecule has 130 valence electrons. The van der Waals surface area contributed by atoms with E-state index >= 15 is 0 Å². The Bertz CT molecular complexity index is 454. The summed E-state index contributed by atoms with van der Waals surface area (Å²) in [5.41, 5.74) is -0.834. The van der Waals surface area contributed by atoms with Gasteiger partial charge in [0, 0.05) is 6.54 Å². The largest absolute Gasteiger partial charge is 0.355 e. The lowest BCUT2D eigenvalue weighted by molar-refractivity contribution is -0.135. The Morgan fingerprint density at radius 3 is 2.43 bits per heavy atom. The van der Waals surface area contributed by atoms with Crippen molar-refractivity contribution < 1.29 is 14.4 Å². The Kier molecular flexibility index (Phi) is 6.02. The second-order valence-corrected chi connectivity index (χ2v) is 6.75.